The SMILES string of the molecule is CC1(C)CCC(c2ccc(Cl)cc2)=C(CN2CCN(c3ccc(C(=O)NS(=O)(=O)c4ccc(N[C@H](CCN5CCN(Cc6cc(C7CCC(=O)NC7=O)ncc6F)CC5)CSc5ccccc5)c(S(=O)(=O)C(F)(F)F)c4)cc3)CC2)C1. The van der Waals surface area contributed by atoms with E-state index in [2.05, 4.69) is 56.3 Å². The molecule has 5 aromatic rings. The number of hydrogen-bond acceptors (Lipinski definition) is 14. The lowest BCUT2D eigenvalue weighted by atomic mass is 9.73. The van der Waals surface area contributed by atoms with Crippen LogP contribution in [0.4, 0.5) is 28.9 Å². The van der Waals surface area contributed by atoms with Crippen LogP contribution in [0.2, 0.25) is 5.02 Å². The minimum atomic E-state index is -6.16. The molecule has 3 amide bonds. The largest absolute Gasteiger partial charge is 0.501 e. The third-order valence-electron chi connectivity index (χ3n) is 15.5. The van der Waals surface area contributed by atoms with Gasteiger partial charge in [0.25, 0.3) is 25.8 Å². The Balaban J connectivity index is 0.837. The molecule has 15 nitrogen and oxygen atoms in total. The summed E-state index contributed by atoms with van der Waals surface area (Å²) in [6, 6.07) is 26.9. The number of aromatic nitrogens is 1. The number of piperidine rings is 1. The number of piperazine rings is 2. The summed E-state index contributed by atoms with van der Waals surface area (Å²) in [6.45, 7) is 11.3. The van der Waals surface area contributed by atoms with E-state index in [0.717, 1.165) is 67.8 Å². The summed E-state index contributed by atoms with van der Waals surface area (Å²) < 4.78 is 115. The highest BCUT2D eigenvalue weighted by atomic mass is 35.5. The van der Waals surface area contributed by atoms with Gasteiger partial charge in [0.1, 0.15) is 10.7 Å². The van der Waals surface area contributed by atoms with Gasteiger partial charge < -0.3 is 15.1 Å². The van der Waals surface area contributed by atoms with Crippen molar-refractivity contribution in [2.24, 2.45) is 5.41 Å². The number of carbonyl (C=O) groups is 3. The van der Waals surface area contributed by atoms with Crippen molar-refractivity contribution < 1.29 is 48.8 Å². The van der Waals surface area contributed by atoms with E-state index in [1.807, 2.05) is 52.1 Å². The van der Waals surface area contributed by atoms with Gasteiger partial charge in [-0.2, -0.15) is 13.2 Å². The van der Waals surface area contributed by atoms with Crippen molar-refractivity contribution in [2.75, 3.05) is 81.4 Å². The molecule has 4 aliphatic rings. The summed E-state index contributed by atoms with van der Waals surface area (Å²) in [5, 5.41) is 6.01. The number of anilines is 2. The lowest BCUT2D eigenvalue weighted by Crippen LogP contribution is -2.47. The first-order valence-electron chi connectivity index (χ1n) is 26.9. The highest BCUT2D eigenvalue weighted by Crippen LogP contribution is 2.43. The number of sulfonamides is 1. The number of rotatable bonds is 19. The normalized spacial score (nSPS) is 19.3. The second-order valence-corrected chi connectivity index (χ2v) is 27.0. The van der Waals surface area contributed by atoms with Crippen LogP contribution in [0.25, 0.3) is 5.57 Å². The average Bonchev–Trinajstić information content (AvgIpc) is 3.54. The van der Waals surface area contributed by atoms with Gasteiger partial charge in [0, 0.05) is 117 Å². The Bertz CT molecular complexity index is 3360. The first kappa shape index (κ1) is 59.7. The van der Waals surface area contributed by atoms with Crippen LogP contribution in [0.3, 0.4) is 0 Å². The summed E-state index contributed by atoms with van der Waals surface area (Å²) in [6.07, 6.45) is 4.94. The molecule has 432 valence electrons. The van der Waals surface area contributed by atoms with Gasteiger partial charge in [-0.1, -0.05) is 61.4 Å². The number of allylic oxidation sites excluding steroid dienone is 1. The van der Waals surface area contributed by atoms with E-state index < -0.39 is 70.4 Å². The molecular formula is C58H65ClF4N8O7S3. The Morgan fingerprint density at radius 1 is 0.840 bits per heavy atom. The van der Waals surface area contributed by atoms with E-state index in [4.69, 9.17) is 11.6 Å². The van der Waals surface area contributed by atoms with Crippen molar-refractivity contribution >= 4 is 77.9 Å². The molecule has 3 fully saturated rings. The highest BCUT2D eigenvalue weighted by Gasteiger charge is 2.48. The number of hydrogen-bond donors (Lipinski definition) is 3. The summed E-state index contributed by atoms with van der Waals surface area (Å²) in [4.78, 5) is 49.3. The van der Waals surface area contributed by atoms with Gasteiger partial charge in [-0.05, 0) is 121 Å². The van der Waals surface area contributed by atoms with E-state index in [9.17, 15) is 44.4 Å². The van der Waals surface area contributed by atoms with Gasteiger partial charge in [-0.3, -0.25) is 34.5 Å². The lowest BCUT2D eigenvalue weighted by molar-refractivity contribution is -0.134. The minimum absolute atomic E-state index is 0.0348. The summed E-state index contributed by atoms with van der Waals surface area (Å²) in [7, 11) is -11.1. The number of nitrogens with one attached hydrogen (secondary N) is 3. The maximum atomic E-state index is 15.0. The number of imide groups is 1. The highest BCUT2D eigenvalue weighted by molar-refractivity contribution is 7.99. The number of carbonyl (C=O) groups excluding carboxylic acids is 3. The number of thioether (sulfide) groups is 1. The van der Waals surface area contributed by atoms with Gasteiger partial charge >= 0.3 is 5.51 Å². The van der Waals surface area contributed by atoms with Crippen molar-refractivity contribution in [1.29, 1.82) is 0 Å². The smallest absolute Gasteiger partial charge is 0.380 e. The molecule has 0 radical (unpaired) electrons. The summed E-state index contributed by atoms with van der Waals surface area (Å²) in [5.41, 5.74) is -0.544. The number of sulfone groups is 1. The molecule has 1 aliphatic carbocycles. The predicted octanol–water partition coefficient (Wildman–Crippen LogP) is 9.37. The van der Waals surface area contributed by atoms with Crippen LogP contribution in [-0.2, 0) is 36.0 Å². The Labute approximate surface area is 479 Å². The van der Waals surface area contributed by atoms with Crippen LogP contribution in [0.5, 0.6) is 0 Å². The van der Waals surface area contributed by atoms with Crippen LogP contribution in [0.15, 0.2) is 130 Å². The van der Waals surface area contributed by atoms with E-state index in [-0.39, 0.29) is 42.0 Å². The van der Waals surface area contributed by atoms with Crippen LogP contribution < -0.4 is 20.3 Å². The predicted molar refractivity (Wildman–Crippen MR) is 306 cm³/mol. The molecule has 9 rings (SSSR count). The van der Waals surface area contributed by atoms with Crippen molar-refractivity contribution in [3.63, 3.8) is 0 Å². The first-order valence-corrected chi connectivity index (χ1v) is 31.3. The Hall–Kier alpha value is -5.88. The monoisotopic (exact) mass is 1190 g/mol. The number of alkyl halides is 3. The minimum Gasteiger partial charge on any atom is -0.380 e. The maximum Gasteiger partial charge on any atom is 0.501 e. The third-order valence-corrected chi connectivity index (χ3v) is 19.8. The van der Waals surface area contributed by atoms with Crippen LogP contribution in [-0.4, -0.2) is 137 Å². The molecule has 3 saturated heterocycles. The number of amides is 3. The molecule has 0 saturated carbocycles. The zero-order chi connectivity index (χ0) is 57.7. The quantitative estimate of drug-likeness (QED) is 0.0404. The molecule has 0 bridgehead atoms. The molecule has 1 unspecified atom stereocenters. The van der Waals surface area contributed by atoms with E-state index in [0.29, 0.717) is 74.6 Å². The summed E-state index contributed by atoms with van der Waals surface area (Å²) >= 11 is 7.60. The summed E-state index contributed by atoms with van der Waals surface area (Å²) in [5.74, 6) is -2.81. The lowest BCUT2D eigenvalue weighted by Gasteiger charge is -2.39. The van der Waals surface area contributed by atoms with Crippen molar-refractivity contribution in [2.45, 2.75) is 91.1 Å². The van der Waals surface area contributed by atoms with E-state index in [1.165, 1.54) is 40.6 Å². The van der Waals surface area contributed by atoms with Gasteiger partial charge in [0.05, 0.1) is 28.4 Å². The van der Waals surface area contributed by atoms with Crippen LogP contribution in [0, 0.1) is 11.2 Å². The fourth-order valence-corrected chi connectivity index (χ4v) is 14.0. The number of pyridine rings is 1. The molecule has 23 heteroatoms. The maximum absolute atomic E-state index is 15.0. The molecule has 3 N–H and O–H groups in total. The van der Waals surface area contributed by atoms with Crippen molar-refractivity contribution in [1.82, 2.24) is 29.7 Å². The van der Waals surface area contributed by atoms with Crippen LogP contribution in [0.1, 0.15) is 85.5 Å². The molecule has 0 spiro atoms. The molecule has 4 aromatic carbocycles. The second kappa shape index (κ2) is 25.3. The molecule has 1 aromatic heterocycles. The molecule has 3 aliphatic heterocycles. The zero-order valence-electron chi connectivity index (χ0n) is 45.0. The number of halogens is 5. The molecule has 2 atom stereocenters. The molecule has 4 heterocycles. The molecular weight excluding hydrogens is 1130 g/mol. The third kappa shape index (κ3) is 15.0. The van der Waals surface area contributed by atoms with Crippen molar-refractivity contribution in [3.8, 4) is 0 Å². The van der Waals surface area contributed by atoms with Crippen molar-refractivity contribution in [3.05, 3.63) is 148 Å². The van der Waals surface area contributed by atoms with E-state index >= 15 is 4.39 Å². The number of benzene rings is 4. The Kier molecular flexibility index (Phi) is 18.7. The number of nitrogens with zero attached hydrogens (tertiary/aromatic N) is 5. The first-order chi connectivity index (χ1) is 38.5. The van der Waals surface area contributed by atoms with Gasteiger partial charge in [-0.25, -0.2) is 25.9 Å². The topological polar surface area (TPSA) is 181 Å². The standard InChI is InChI=1S/C58H65ClF4N8O7S3/c1-57(2)22-20-48(39-8-12-43(59)13-9-39)42(34-57)37-70-28-30-71(31-29-70)45-14-10-40(11-15-45)55(73)67-81(77,78)47-16-18-51(53(33-47)80(75,76)58(61,62)63)65-44(38-79-46-6-4-3-5-7-46)21-23-68-24-26-69(27-25-68)36-41-32-52(64-35-50(41)60)49-17-19-54(72)66-56(49)74/h3-16,18,32-33,35,44,49,65H,17,19-31,34,36-38H2,1-2H3,(H,67,73)(H,66,72,74)/t44-,49?/m1/s1. The van der Waals surface area contributed by atoms with Gasteiger partial charge in [0.15, 0.2) is 0 Å². The van der Waals surface area contributed by atoms with Crippen LogP contribution >= 0.6 is 23.4 Å². The van der Waals surface area contributed by atoms with Gasteiger partial charge in [-0.15, -0.1) is 11.8 Å². The second-order valence-electron chi connectivity index (χ2n) is 21.9. The zero-order valence-corrected chi connectivity index (χ0v) is 48.2. The van der Waals surface area contributed by atoms with Gasteiger partial charge in [0.2, 0.25) is 11.8 Å². The molecule has 81 heavy (non-hydrogen) atoms. The fraction of sp³-hybridized carbons (Fsp3) is 0.414. The van der Waals surface area contributed by atoms with E-state index in [1.54, 1.807) is 18.2 Å². The Morgan fingerprint density at radius 3 is 2.19 bits per heavy atom. The Morgan fingerprint density at radius 2 is 1.51 bits per heavy atom. The average molecular weight is 1190 g/mol. The fourth-order valence-electron chi connectivity index (χ4n) is 10.9.